The molecule has 4 heteroatoms. The summed E-state index contributed by atoms with van der Waals surface area (Å²) in [5.74, 6) is 0.234. The maximum Gasteiger partial charge on any atom is 0.204 e. The third kappa shape index (κ3) is 2.54. The number of ketones is 1. The Morgan fingerprint density at radius 2 is 1.96 bits per heavy atom. The largest absolute Gasteiger partial charge is 0.358 e. The first-order chi connectivity index (χ1) is 13.0. The van der Waals surface area contributed by atoms with E-state index in [9.17, 15) is 9.18 Å². The van der Waals surface area contributed by atoms with Crippen molar-refractivity contribution in [3.05, 3.63) is 70.2 Å². The highest BCUT2D eigenvalue weighted by Crippen LogP contribution is 2.45. The van der Waals surface area contributed by atoms with Crippen molar-refractivity contribution in [1.29, 1.82) is 0 Å². The van der Waals surface area contributed by atoms with Crippen molar-refractivity contribution in [3.8, 4) is 0 Å². The van der Waals surface area contributed by atoms with Crippen molar-refractivity contribution in [2.45, 2.75) is 44.6 Å². The molecule has 136 valence electrons. The molecule has 2 aromatic carbocycles. The van der Waals surface area contributed by atoms with Gasteiger partial charge in [-0.05, 0) is 47.9 Å². The van der Waals surface area contributed by atoms with Crippen LogP contribution in [-0.4, -0.2) is 17.0 Å². The summed E-state index contributed by atoms with van der Waals surface area (Å²) in [6.07, 6.45) is 3.10. The molecule has 0 amide bonds. The SMILES string of the molecule is CC(C)c1ccc(C2Cc3[nH]c4cc(F)cc5c4c3C(C2)N=CC5=O)cc1. The third-order valence-electron chi connectivity index (χ3n) is 5.99. The lowest BCUT2D eigenvalue weighted by molar-refractivity contribution is 0.107. The van der Waals surface area contributed by atoms with E-state index >= 15 is 0 Å². The first kappa shape index (κ1) is 16.4. The molecule has 0 bridgehead atoms. The normalized spacial score (nSPS) is 21.1. The lowest BCUT2D eigenvalue weighted by Gasteiger charge is -2.27. The van der Waals surface area contributed by atoms with Crippen LogP contribution in [-0.2, 0) is 6.42 Å². The van der Waals surface area contributed by atoms with Gasteiger partial charge in [0.25, 0.3) is 0 Å². The molecule has 0 radical (unpaired) electrons. The molecule has 27 heavy (non-hydrogen) atoms. The van der Waals surface area contributed by atoms with E-state index in [2.05, 4.69) is 48.1 Å². The Bertz CT molecular complexity index is 1090. The van der Waals surface area contributed by atoms with Crippen LogP contribution in [0.5, 0.6) is 0 Å². The summed E-state index contributed by atoms with van der Waals surface area (Å²) in [6.45, 7) is 4.39. The van der Waals surface area contributed by atoms with Crippen LogP contribution in [0.25, 0.3) is 10.9 Å². The molecule has 2 heterocycles. The van der Waals surface area contributed by atoms with E-state index in [0.29, 0.717) is 22.9 Å². The Balaban J connectivity index is 1.62. The van der Waals surface area contributed by atoms with Gasteiger partial charge in [-0.2, -0.15) is 0 Å². The average molecular weight is 360 g/mol. The van der Waals surface area contributed by atoms with Crippen LogP contribution in [0.1, 0.15) is 70.9 Å². The molecule has 1 N–H and O–H groups in total. The summed E-state index contributed by atoms with van der Waals surface area (Å²) in [6, 6.07) is 11.6. The van der Waals surface area contributed by atoms with E-state index in [1.807, 2.05) is 0 Å². The van der Waals surface area contributed by atoms with Crippen LogP contribution in [0.2, 0.25) is 0 Å². The summed E-state index contributed by atoms with van der Waals surface area (Å²) >= 11 is 0. The van der Waals surface area contributed by atoms with Gasteiger partial charge in [-0.15, -0.1) is 0 Å². The first-order valence-electron chi connectivity index (χ1n) is 9.52. The minimum atomic E-state index is -0.392. The van der Waals surface area contributed by atoms with E-state index in [-0.39, 0.29) is 11.8 Å². The molecule has 0 spiro atoms. The number of carbonyl (C=O) groups is 1. The van der Waals surface area contributed by atoms with Crippen LogP contribution in [0.3, 0.4) is 0 Å². The molecule has 3 nitrogen and oxygen atoms in total. The van der Waals surface area contributed by atoms with Gasteiger partial charge in [0, 0.05) is 27.7 Å². The maximum atomic E-state index is 14.0. The highest BCUT2D eigenvalue weighted by atomic mass is 19.1. The van der Waals surface area contributed by atoms with Gasteiger partial charge >= 0.3 is 0 Å². The average Bonchev–Trinajstić information content (AvgIpc) is 2.95. The number of rotatable bonds is 2. The van der Waals surface area contributed by atoms with E-state index in [1.54, 1.807) is 0 Å². The lowest BCUT2D eigenvalue weighted by atomic mass is 9.79. The van der Waals surface area contributed by atoms with Gasteiger partial charge in [-0.1, -0.05) is 38.1 Å². The van der Waals surface area contributed by atoms with Gasteiger partial charge in [0.1, 0.15) is 5.82 Å². The standard InChI is InChI=1S/C23H21FN2O/c1-12(2)13-3-5-14(6-4-13)15-7-18-23-19(8-15)26-20-10-16(24)9-17(22(20)23)21(27)11-25-18/h3-6,9-12,15,18,26H,7-8H2,1-2H3. The minimum absolute atomic E-state index is 0.0621. The number of halogens is 1. The highest BCUT2D eigenvalue weighted by Gasteiger charge is 2.34. The molecule has 1 aromatic heterocycles. The number of hydrogen-bond acceptors (Lipinski definition) is 2. The second kappa shape index (κ2) is 5.88. The Labute approximate surface area is 157 Å². The maximum absolute atomic E-state index is 14.0. The number of aliphatic imine (C=N–C) groups is 1. The molecule has 2 unspecified atom stereocenters. The summed E-state index contributed by atoms with van der Waals surface area (Å²) in [5.41, 5.74) is 5.91. The zero-order chi connectivity index (χ0) is 18.7. The monoisotopic (exact) mass is 360 g/mol. The zero-order valence-corrected chi connectivity index (χ0v) is 15.4. The van der Waals surface area contributed by atoms with Gasteiger partial charge in [0.2, 0.25) is 5.78 Å². The fraction of sp³-hybridized carbons (Fsp3) is 0.304. The molecule has 0 fully saturated rings. The minimum Gasteiger partial charge on any atom is -0.358 e. The molecule has 0 saturated carbocycles. The second-order valence-electron chi connectivity index (χ2n) is 8.01. The number of aromatic nitrogens is 1. The van der Waals surface area contributed by atoms with Crippen molar-refractivity contribution in [2.75, 3.05) is 0 Å². The number of aromatic amines is 1. The third-order valence-corrected chi connectivity index (χ3v) is 5.99. The van der Waals surface area contributed by atoms with E-state index in [0.717, 1.165) is 29.5 Å². The van der Waals surface area contributed by atoms with E-state index in [1.165, 1.54) is 29.5 Å². The number of nitrogens with zero attached hydrogens (tertiary/aromatic N) is 1. The fourth-order valence-corrected chi connectivity index (χ4v) is 4.59. The molecule has 0 saturated heterocycles. The second-order valence-corrected chi connectivity index (χ2v) is 8.01. The first-order valence-corrected chi connectivity index (χ1v) is 9.52. The topological polar surface area (TPSA) is 45.2 Å². The van der Waals surface area contributed by atoms with Crippen molar-refractivity contribution >= 4 is 22.9 Å². The zero-order valence-electron chi connectivity index (χ0n) is 15.4. The number of nitrogens with one attached hydrogen (secondary N) is 1. The predicted octanol–water partition coefficient (Wildman–Crippen LogP) is 5.47. The summed E-state index contributed by atoms with van der Waals surface area (Å²) in [5, 5.41) is 0.854. The molecule has 1 aliphatic heterocycles. The van der Waals surface area contributed by atoms with Gasteiger partial charge in [-0.25, -0.2) is 4.39 Å². The van der Waals surface area contributed by atoms with Crippen LogP contribution in [0, 0.1) is 5.82 Å². The molecule has 2 atom stereocenters. The molecule has 1 aliphatic carbocycles. The van der Waals surface area contributed by atoms with Crippen LogP contribution < -0.4 is 0 Å². The van der Waals surface area contributed by atoms with E-state index in [4.69, 9.17) is 0 Å². The number of benzene rings is 2. The fourth-order valence-electron chi connectivity index (χ4n) is 4.59. The number of H-pyrrole nitrogens is 1. The Hall–Kier alpha value is -2.75. The lowest BCUT2D eigenvalue weighted by Crippen LogP contribution is -2.16. The number of carbonyl (C=O) groups excluding carboxylic acids is 1. The number of Topliss-reactive ketones (excluding diaryl/α,β-unsaturated/α-hetero) is 1. The summed E-state index contributed by atoms with van der Waals surface area (Å²) in [4.78, 5) is 20.4. The van der Waals surface area contributed by atoms with Gasteiger partial charge in [0.05, 0.1) is 12.3 Å². The number of hydrogen-bond donors (Lipinski definition) is 1. The molecule has 5 rings (SSSR count). The van der Waals surface area contributed by atoms with Crippen LogP contribution >= 0.6 is 0 Å². The van der Waals surface area contributed by atoms with Crippen LogP contribution in [0.15, 0.2) is 41.4 Å². The predicted molar refractivity (Wildman–Crippen MR) is 105 cm³/mol. The highest BCUT2D eigenvalue weighted by molar-refractivity contribution is 6.38. The van der Waals surface area contributed by atoms with E-state index < -0.39 is 5.82 Å². The van der Waals surface area contributed by atoms with Crippen molar-refractivity contribution < 1.29 is 9.18 Å². The van der Waals surface area contributed by atoms with Crippen molar-refractivity contribution in [2.24, 2.45) is 4.99 Å². The quantitative estimate of drug-likeness (QED) is 0.647. The van der Waals surface area contributed by atoms with Gasteiger partial charge < -0.3 is 4.98 Å². The molecule has 3 aromatic rings. The van der Waals surface area contributed by atoms with Crippen molar-refractivity contribution in [3.63, 3.8) is 0 Å². The Morgan fingerprint density at radius 1 is 1.19 bits per heavy atom. The van der Waals surface area contributed by atoms with Gasteiger partial charge in [-0.3, -0.25) is 9.79 Å². The molecule has 2 aliphatic rings. The summed E-state index contributed by atoms with van der Waals surface area (Å²) < 4.78 is 14.0. The molecular formula is C23H21FN2O. The van der Waals surface area contributed by atoms with Gasteiger partial charge in [0.15, 0.2) is 0 Å². The smallest absolute Gasteiger partial charge is 0.204 e. The Kier molecular flexibility index (Phi) is 3.58. The molecular weight excluding hydrogens is 339 g/mol. The Morgan fingerprint density at radius 3 is 2.70 bits per heavy atom. The summed E-state index contributed by atoms with van der Waals surface area (Å²) in [7, 11) is 0. The van der Waals surface area contributed by atoms with Crippen LogP contribution in [0.4, 0.5) is 4.39 Å². The van der Waals surface area contributed by atoms with Crippen molar-refractivity contribution in [1.82, 2.24) is 4.98 Å².